The fourth-order valence-corrected chi connectivity index (χ4v) is 2.14. The zero-order valence-corrected chi connectivity index (χ0v) is 9.74. The SMILES string of the molecule is COc1cc(OC2CCCCC2)ccc1N. The lowest BCUT2D eigenvalue weighted by Crippen LogP contribution is -2.19. The fraction of sp³-hybridized carbons (Fsp3) is 0.538. The summed E-state index contributed by atoms with van der Waals surface area (Å²) in [7, 11) is 1.62. The second kappa shape index (κ2) is 5.10. The highest BCUT2D eigenvalue weighted by Gasteiger charge is 2.15. The molecule has 0 amide bonds. The van der Waals surface area contributed by atoms with Crippen molar-refractivity contribution >= 4 is 5.69 Å². The van der Waals surface area contributed by atoms with Crippen molar-refractivity contribution in [2.24, 2.45) is 0 Å². The zero-order chi connectivity index (χ0) is 11.4. The van der Waals surface area contributed by atoms with Gasteiger partial charge >= 0.3 is 0 Å². The van der Waals surface area contributed by atoms with E-state index in [0.717, 1.165) is 18.6 Å². The van der Waals surface area contributed by atoms with Gasteiger partial charge < -0.3 is 15.2 Å². The summed E-state index contributed by atoms with van der Waals surface area (Å²) in [6, 6.07) is 5.60. The van der Waals surface area contributed by atoms with Gasteiger partial charge in [-0.15, -0.1) is 0 Å². The highest BCUT2D eigenvalue weighted by Crippen LogP contribution is 2.29. The second-order valence-electron chi connectivity index (χ2n) is 4.28. The van der Waals surface area contributed by atoms with E-state index in [9.17, 15) is 0 Å². The van der Waals surface area contributed by atoms with E-state index in [2.05, 4.69) is 0 Å². The van der Waals surface area contributed by atoms with Crippen LogP contribution < -0.4 is 15.2 Å². The summed E-state index contributed by atoms with van der Waals surface area (Å²) in [6.07, 6.45) is 6.57. The topological polar surface area (TPSA) is 44.5 Å². The molecule has 3 nitrogen and oxygen atoms in total. The third-order valence-electron chi connectivity index (χ3n) is 3.06. The molecule has 1 aromatic rings. The summed E-state index contributed by atoms with van der Waals surface area (Å²) in [6.45, 7) is 0. The number of ether oxygens (including phenoxy) is 2. The van der Waals surface area contributed by atoms with Crippen LogP contribution in [-0.4, -0.2) is 13.2 Å². The fourth-order valence-electron chi connectivity index (χ4n) is 2.14. The Labute approximate surface area is 96.5 Å². The maximum atomic E-state index is 5.92. The molecule has 16 heavy (non-hydrogen) atoms. The average molecular weight is 221 g/mol. The number of anilines is 1. The molecule has 0 saturated heterocycles. The molecule has 0 aliphatic heterocycles. The lowest BCUT2D eigenvalue weighted by Gasteiger charge is -2.23. The van der Waals surface area contributed by atoms with Crippen LogP contribution >= 0.6 is 0 Å². The van der Waals surface area contributed by atoms with Crippen LogP contribution in [0.3, 0.4) is 0 Å². The first-order valence-electron chi connectivity index (χ1n) is 5.90. The van der Waals surface area contributed by atoms with Crippen molar-refractivity contribution in [3.63, 3.8) is 0 Å². The van der Waals surface area contributed by atoms with Gasteiger partial charge in [0, 0.05) is 6.07 Å². The number of hydrogen-bond acceptors (Lipinski definition) is 3. The van der Waals surface area contributed by atoms with E-state index < -0.39 is 0 Å². The van der Waals surface area contributed by atoms with E-state index in [1.54, 1.807) is 7.11 Å². The number of rotatable bonds is 3. The molecular weight excluding hydrogens is 202 g/mol. The highest BCUT2D eigenvalue weighted by atomic mass is 16.5. The van der Waals surface area contributed by atoms with E-state index in [1.807, 2.05) is 18.2 Å². The van der Waals surface area contributed by atoms with E-state index in [1.165, 1.54) is 19.3 Å². The molecule has 0 atom stereocenters. The summed E-state index contributed by atoms with van der Waals surface area (Å²) in [5.74, 6) is 1.55. The van der Waals surface area contributed by atoms with Crippen LogP contribution in [0.2, 0.25) is 0 Å². The van der Waals surface area contributed by atoms with Crippen molar-refractivity contribution in [2.45, 2.75) is 38.2 Å². The molecule has 1 saturated carbocycles. The monoisotopic (exact) mass is 221 g/mol. The molecule has 0 unspecified atom stereocenters. The molecule has 2 rings (SSSR count). The van der Waals surface area contributed by atoms with Gasteiger partial charge in [0.05, 0.1) is 18.9 Å². The third kappa shape index (κ3) is 2.60. The third-order valence-corrected chi connectivity index (χ3v) is 3.06. The maximum absolute atomic E-state index is 5.92. The van der Waals surface area contributed by atoms with Crippen LogP contribution in [0.25, 0.3) is 0 Å². The van der Waals surface area contributed by atoms with Gasteiger partial charge in [-0.3, -0.25) is 0 Å². The molecule has 1 fully saturated rings. The minimum Gasteiger partial charge on any atom is -0.494 e. The number of benzene rings is 1. The molecule has 88 valence electrons. The average Bonchev–Trinajstić information content (AvgIpc) is 2.33. The minimum atomic E-state index is 0.363. The normalized spacial score (nSPS) is 17.1. The number of methoxy groups -OCH3 is 1. The van der Waals surface area contributed by atoms with Crippen LogP contribution in [-0.2, 0) is 0 Å². The molecule has 0 aromatic heterocycles. The second-order valence-corrected chi connectivity index (χ2v) is 4.28. The summed E-state index contributed by atoms with van der Waals surface area (Å²) < 4.78 is 11.1. The first-order valence-corrected chi connectivity index (χ1v) is 5.90. The van der Waals surface area contributed by atoms with Gasteiger partial charge in [0.2, 0.25) is 0 Å². The predicted molar refractivity (Wildman–Crippen MR) is 64.9 cm³/mol. The van der Waals surface area contributed by atoms with Crippen molar-refractivity contribution in [3.8, 4) is 11.5 Å². The molecule has 0 spiro atoms. The lowest BCUT2D eigenvalue weighted by molar-refractivity contribution is 0.154. The zero-order valence-electron chi connectivity index (χ0n) is 9.74. The van der Waals surface area contributed by atoms with Gasteiger partial charge in [-0.25, -0.2) is 0 Å². The van der Waals surface area contributed by atoms with Crippen LogP contribution in [0.5, 0.6) is 11.5 Å². The predicted octanol–water partition coefficient (Wildman–Crippen LogP) is 2.99. The molecule has 2 N–H and O–H groups in total. The highest BCUT2D eigenvalue weighted by molar-refractivity contribution is 5.55. The molecule has 1 aliphatic rings. The van der Waals surface area contributed by atoms with Crippen molar-refractivity contribution < 1.29 is 9.47 Å². The molecule has 0 heterocycles. The first-order chi connectivity index (χ1) is 7.79. The smallest absolute Gasteiger partial charge is 0.145 e. The Balaban J connectivity index is 2.03. The molecule has 1 aliphatic carbocycles. The van der Waals surface area contributed by atoms with E-state index >= 15 is 0 Å². The van der Waals surface area contributed by atoms with Gasteiger partial charge in [0.15, 0.2) is 0 Å². The van der Waals surface area contributed by atoms with Crippen molar-refractivity contribution in [2.75, 3.05) is 12.8 Å². The molecule has 0 bridgehead atoms. The molecule has 0 radical (unpaired) electrons. The van der Waals surface area contributed by atoms with Gasteiger partial charge in [-0.2, -0.15) is 0 Å². The van der Waals surface area contributed by atoms with Crippen LogP contribution in [0.4, 0.5) is 5.69 Å². The number of hydrogen-bond donors (Lipinski definition) is 1. The Morgan fingerprint density at radius 2 is 1.94 bits per heavy atom. The Hall–Kier alpha value is -1.38. The number of nitrogens with two attached hydrogens (primary N) is 1. The van der Waals surface area contributed by atoms with Gasteiger partial charge in [-0.05, 0) is 37.8 Å². The first kappa shape index (κ1) is 11.1. The maximum Gasteiger partial charge on any atom is 0.145 e. The Morgan fingerprint density at radius 3 is 2.62 bits per heavy atom. The van der Waals surface area contributed by atoms with E-state index in [0.29, 0.717) is 17.5 Å². The van der Waals surface area contributed by atoms with Crippen LogP contribution in [0.1, 0.15) is 32.1 Å². The van der Waals surface area contributed by atoms with Crippen molar-refractivity contribution in [1.82, 2.24) is 0 Å². The Morgan fingerprint density at radius 1 is 1.19 bits per heavy atom. The molecule has 3 heteroatoms. The van der Waals surface area contributed by atoms with Crippen LogP contribution in [0, 0.1) is 0 Å². The lowest BCUT2D eigenvalue weighted by atomic mass is 9.98. The minimum absolute atomic E-state index is 0.363. The quantitative estimate of drug-likeness (QED) is 0.798. The van der Waals surface area contributed by atoms with Gasteiger partial charge in [0.25, 0.3) is 0 Å². The molecular formula is C13H19NO2. The molecule has 1 aromatic carbocycles. The summed E-state index contributed by atoms with van der Waals surface area (Å²) >= 11 is 0. The number of nitrogen functional groups attached to an aromatic ring is 1. The van der Waals surface area contributed by atoms with Gasteiger partial charge in [-0.1, -0.05) is 6.42 Å². The Kier molecular flexibility index (Phi) is 3.54. The van der Waals surface area contributed by atoms with Crippen LogP contribution in [0.15, 0.2) is 18.2 Å². The Bertz CT molecular complexity index is 346. The standard InChI is InChI=1S/C13H19NO2/c1-15-13-9-11(7-8-12(13)14)16-10-5-3-2-4-6-10/h7-10H,2-6,14H2,1H3. The van der Waals surface area contributed by atoms with Crippen molar-refractivity contribution in [3.05, 3.63) is 18.2 Å². The van der Waals surface area contributed by atoms with Crippen molar-refractivity contribution in [1.29, 1.82) is 0 Å². The largest absolute Gasteiger partial charge is 0.494 e. The van der Waals surface area contributed by atoms with E-state index in [-0.39, 0.29) is 0 Å². The summed E-state index contributed by atoms with van der Waals surface area (Å²) in [5.41, 5.74) is 6.40. The summed E-state index contributed by atoms with van der Waals surface area (Å²) in [5, 5.41) is 0. The van der Waals surface area contributed by atoms with Gasteiger partial charge in [0.1, 0.15) is 11.5 Å². The van der Waals surface area contributed by atoms with E-state index in [4.69, 9.17) is 15.2 Å². The summed E-state index contributed by atoms with van der Waals surface area (Å²) in [4.78, 5) is 0.